The number of aromatic amines is 1. The van der Waals surface area contributed by atoms with Crippen molar-refractivity contribution < 1.29 is 87.5 Å². The molecule has 0 saturated carbocycles. The lowest BCUT2D eigenvalue weighted by Crippen LogP contribution is -2.34. The molecule has 3 fully saturated rings. The van der Waals surface area contributed by atoms with E-state index in [2.05, 4.69) is 69.3 Å². The summed E-state index contributed by atoms with van der Waals surface area (Å²) in [4.78, 5) is 69.7. The molecule has 4 aliphatic rings. The number of rotatable bonds is 13. The van der Waals surface area contributed by atoms with Crippen molar-refractivity contribution >= 4 is 43.1 Å². The third kappa shape index (κ3) is 17.8. The van der Waals surface area contributed by atoms with Gasteiger partial charge in [-0.3, -0.25) is 38.2 Å². The summed E-state index contributed by atoms with van der Waals surface area (Å²) in [5.74, 6) is -1.74. The molecule has 4 aromatic heterocycles. The number of aliphatic hydroxyl groups excluding tert-OH is 7. The molecule has 8 rings (SSSR count). The van der Waals surface area contributed by atoms with E-state index in [1.807, 2.05) is 25.2 Å². The topological polar surface area (TPSA) is 478 Å². The maximum Gasteiger partial charge on any atom is 0.469 e. The second kappa shape index (κ2) is 29.1. The molecule has 7 heterocycles. The number of phosphoric acid groups is 1. The minimum absolute atomic E-state index is 0. The third-order valence-electron chi connectivity index (χ3n) is 12.7. The van der Waals surface area contributed by atoms with Crippen molar-refractivity contribution in [3.05, 3.63) is 116 Å². The first kappa shape index (κ1) is 67.2. The monoisotopic (exact) mass is 1190 g/mol. The molecular formula is C47H66ClF2N12O18P. The number of nitrogen functional groups attached to an aromatic ring is 1. The highest BCUT2D eigenvalue weighted by Gasteiger charge is 2.46. The summed E-state index contributed by atoms with van der Waals surface area (Å²) >= 11 is 0. The molecule has 34 heteroatoms. The lowest BCUT2D eigenvalue weighted by Gasteiger charge is -2.32. The number of primary amides is 1. The van der Waals surface area contributed by atoms with E-state index in [1.165, 1.54) is 42.1 Å². The van der Waals surface area contributed by atoms with E-state index in [0.29, 0.717) is 0 Å². The number of hydrogen-bond acceptors (Lipinski definition) is 23. The number of nitrogens with one attached hydrogen (secondary N) is 2. The summed E-state index contributed by atoms with van der Waals surface area (Å²) in [6, 6.07) is -0.570. The summed E-state index contributed by atoms with van der Waals surface area (Å²) in [5.41, 5.74) is 13.6. The quantitative estimate of drug-likeness (QED) is 0.0334. The molecule has 0 spiro atoms. The summed E-state index contributed by atoms with van der Waals surface area (Å²) in [6.07, 6.45) is 4.53. The zero-order valence-electron chi connectivity index (χ0n) is 44.1. The SMILES string of the molecule is CC1=C(/C=C/C(C)=C/C=C/C(C)=C/C(N)=O)C(C)(C)CCC1.Cl.N=c1ncn([C@@H]2O[C@H](CO)[C@@H](O)[C@@H]2O)c(O)n1.Nc1nc(F)nc2c1ncn2[C@@H]1O[C@H](COP(=O)(O)O)[C@@H](O)[C@@H]1O.O=c1[nH]c(=O)n([C@H]2C[C@H](O)[C@@H](CO)O2)cc1F. The van der Waals surface area contributed by atoms with Crippen LogP contribution in [0.25, 0.3) is 11.2 Å². The Bertz CT molecular complexity index is 3220. The van der Waals surface area contributed by atoms with E-state index in [4.69, 9.17) is 51.1 Å². The number of phosphoric ester groups is 1. The molecule has 1 aliphatic carbocycles. The van der Waals surface area contributed by atoms with Crippen molar-refractivity contribution in [1.82, 2.24) is 43.6 Å². The van der Waals surface area contributed by atoms with Crippen LogP contribution in [0.4, 0.5) is 14.6 Å². The number of fused-ring (bicyclic) bond motifs is 1. The molecule has 1 amide bonds. The number of nitrogens with zero attached hydrogens (tertiary/aromatic N) is 8. The Labute approximate surface area is 464 Å². The van der Waals surface area contributed by atoms with Gasteiger partial charge in [0.2, 0.25) is 17.3 Å². The molecule has 0 unspecified atom stereocenters. The number of aromatic nitrogens is 9. The second-order valence-corrected chi connectivity index (χ2v) is 20.5. The van der Waals surface area contributed by atoms with Crippen LogP contribution in [0.2, 0.25) is 0 Å². The van der Waals surface area contributed by atoms with Crippen LogP contribution >= 0.6 is 20.2 Å². The number of aliphatic hydroxyl groups is 7. The molecule has 3 aliphatic heterocycles. The van der Waals surface area contributed by atoms with Gasteiger partial charge in [-0.05, 0) is 56.6 Å². The zero-order chi connectivity index (χ0) is 59.6. The fraction of sp³-hybridized carbons (Fsp3) is 0.511. The van der Waals surface area contributed by atoms with Gasteiger partial charge in [-0.15, -0.1) is 12.4 Å². The number of nitrogens with two attached hydrogens (primary N) is 2. The van der Waals surface area contributed by atoms with Gasteiger partial charge in [-0.25, -0.2) is 19.3 Å². The Balaban J connectivity index is 0.000000234. The van der Waals surface area contributed by atoms with Gasteiger partial charge in [-0.2, -0.15) is 23.7 Å². The number of carbonyl (C=O) groups excluding carboxylic acids is 1. The minimum atomic E-state index is -4.78. The molecule has 11 atom stereocenters. The number of aromatic hydroxyl groups is 1. The number of carbonyl (C=O) groups is 1. The highest BCUT2D eigenvalue weighted by molar-refractivity contribution is 7.46. The van der Waals surface area contributed by atoms with Gasteiger partial charge >= 0.3 is 25.6 Å². The number of anilines is 1. The summed E-state index contributed by atoms with van der Waals surface area (Å²) in [7, 11) is -4.78. The molecule has 3 saturated heterocycles. The standard InChI is InChI=1S/C20H29NO.C10H13FN5O7P.C9H11FN2O5.C8H12N4O5.ClH/c1-15(8-6-9-16(2)14-19(21)22)11-12-18-17(3)10-7-13-20(18,4)5;11-10-14-7(12)4-8(15-10)16(2-13-4)9-6(18)5(17)3(23-9)1-22-24(19,20)21;10-4-2-12(9(16)11-8(4)15)7-1-5(14)6(3-13)17-7;9-7-10-2-12(8(16)11-7)6-5(15)4(14)3(1-13)17-6;/h6,8-9,11-12,14H,7,10,13H2,1-5H3,(H2,21,22);2-3,5-6,9,17-18H,1H2,(H2,12,14,15)(H2,19,20,21);2,5-7,13-14H,1,3H2,(H,11,15,16);2-6,13-15H,1H2,(H2,9,11,16);1H/b9-6+,12-11+,15-8+,16-14+;;;;/t;3-,5-,6+,9-;5-,6+,7+;3-,4-,5+,6-;/m.101./s1. The van der Waals surface area contributed by atoms with Crippen molar-refractivity contribution in [2.45, 2.75) is 128 Å². The average molecular weight is 1190 g/mol. The van der Waals surface area contributed by atoms with Crippen LogP contribution in [0.1, 0.15) is 79.0 Å². The van der Waals surface area contributed by atoms with Crippen LogP contribution in [0, 0.1) is 22.7 Å². The van der Waals surface area contributed by atoms with Gasteiger partial charge in [0, 0.05) is 12.5 Å². The first-order valence-corrected chi connectivity index (χ1v) is 25.8. The van der Waals surface area contributed by atoms with E-state index >= 15 is 0 Å². The Hall–Kier alpha value is -6.33. The molecule has 30 nitrogen and oxygen atoms in total. The van der Waals surface area contributed by atoms with Gasteiger partial charge in [0.25, 0.3) is 5.56 Å². The normalized spacial score (nSPS) is 26.6. The maximum absolute atomic E-state index is 13.3. The highest BCUT2D eigenvalue weighted by atomic mass is 35.5. The molecule has 0 radical (unpaired) electrons. The van der Waals surface area contributed by atoms with Crippen LogP contribution < -0.4 is 28.3 Å². The Morgan fingerprint density at radius 2 is 1.53 bits per heavy atom. The number of H-pyrrole nitrogens is 1. The van der Waals surface area contributed by atoms with E-state index in [-0.39, 0.29) is 46.8 Å². The molecule has 448 valence electrons. The maximum atomic E-state index is 13.3. The van der Waals surface area contributed by atoms with Crippen LogP contribution in [0.15, 0.2) is 87.2 Å². The Morgan fingerprint density at radius 3 is 2.11 bits per heavy atom. The van der Waals surface area contributed by atoms with Crippen LogP contribution in [-0.2, 0) is 28.1 Å². The van der Waals surface area contributed by atoms with E-state index in [9.17, 15) is 58.4 Å². The number of hydrogen-bond donors (Lipinski definition) is 14. The predicted molar refractivity (Wildman–Crippen MR) is 280 cm³/mol. The minimum Gasteiger partial charge on any atom is -0.480 e. The van der Waals surface area contributed by atoms with E-state index in [0.717, 1.165) is 38.1 Å². The smallest absolute Gasteiger partial charge is 0.469 e. The number of allylic oxidation sites excluding steroid dienone is 9. The highest BCUT2D eigenvalue weighted by Crippen LogP contribution is 2.41. The van der Waals surface area contributed by atoms with Gasteiger partial charge in [0.05, 0.1) is 38.4 Å². The van der Waals surface area contributed by atoms with Gasteiger partial charge in [-0.1, -0.05) is 55.4 Å². The van der Waals surface area contributed by atoms with E-state index in [1.54, 1.807) is 4.98 Å². The predicted octanol–water partition coefficient (Wildman–Crippen LogP) is -0.908. The molecule has 81 heavy (non-hydrogen) atoms. The fourth-order valence-corrected chi connectivity index (χ4v) is 8.97. The van der Waals surface area contributed by atoms with Crippen molar-refractivity contribution in [1.29, 1.82) is 5.41 Å². The van der Waals surface area contributed by atoms with Crippen LogP contribution in [0.5, 0.6) is 6.01 Å². The lowest BCUT2D eigenvalue weighted by atomic mass is 9.72. The van der Waals surface area contributed by atoms with E-state index < -0.39 is 130 Å². The number of halogens is 3. The summed E-state index contributed by atoms with van der Waals surface area (Å²) in [5, 5.41) is 83.0. The molecule has 0 bridgehead atoms. The second-order valence-electron chi connectivity index (χ2n) is 19.2. The first-order chi connectivity index (χ1) is 37.5. The van der Waals surface area contributed by atoms with Crippen molar-refractivity contribution in [3.8, 4) is 6.01 Å². The average Bonchev–Trinajstić information content (AvgIpc) is 4.16. The largest absolute Gasteiger partial charge is 0.480 e. The van der Waals surface area contributed by atoms with Crippen molar-refractivity contribution in [2.75, 3.05) is 25.6 Å². The fourth-order valence-electron chi connectivity index (χ4n) is 8.63. The molecule has 4 aromatic rings. The Kier molecular flexibility index (Phi) is 24.1. The summed E-state index contributed by atoms with van der Waals surface area (Å²) in [6.45, 7) is 9.30. The van der Waals surface area contributed by atoms with Crippen molar-refractivity contribution in [3.63, 3.8) is 0 Å². The third-order valence-corrected chi connectivity index (χ3v) is 13.2. The number of imidazole rings is 1. The molecular weight excluding hydrogens is 1130 g/mol. The summed E-state index contributed by atoms with van der Waals surface area (Å²) < 4.78 is 59.9. The van der Waals surface area contributed by atoms with Crippen LogP contribution in [0.3, 0.4) is 0 Å². The van der Waals surface area contributed by atoms with Crippen molar-refractivity contribution in [2.24, 2.45) is 11.1 Å². The van der Waals surface area contributed by atoms with Gasteiger partial charge in [0.15, 0.2) is 29.4 Å². The first-order valence-electron chi connectivity index (χ1n) is 24.3. The van der Waals surface area contributed by atoms with Gasteiger partial charge < -0.3 is 76.3 Å². The molecule has 0 aromatic carbocycles. The van der Waals surface area contributed by atoms with Crippen LogP contribution in [-0.4, -0.2) is 169 Å². The van der Waals surface area contributed by atoms with Gasteiger partial charge in [0.1, 0.15) is 55.3 Å². The Morgan fingerprint density at radius 1 is 0.914 bits per heavy atom. The number of amides is 1. The lowest BCUT2D eigenvalue weighted by molar-refractivity contribution is -0.113. The number of ether oxygens (including phenoxy) is 3. The zero-order valence-corrected chi connectivity index (χ0v) is 45.8. The molecule has 16 N–H and O–H groups in total.